The molecule has 2 rings (SSSR count). The highest BCUT2D eigenvalue weighted by atomic mass is 16.6. The lowest BCUT2D eigenvalue weighted by Gasteiger charge is -2.25. The van der Waals surface area contributed by atoms with Crippen molar-refractivity contribution in [1.82, 2.24) is 9.97 Å². The van der Waals surface area contributed by atoms with Gasteiger partial charge in [-0.2, -0.15) is 4.98 Å². The Morgan fingerprint density at radius 3 is 2.81 bits per heavy atom. The minimum atomic E-state index is -0.362. The van der Waals surface area contributed by atoms with Gasteiger partial charge in [0.2, 0.25) is 11.8 Å². The molecule has 0 saturated carbocycles. The van der Waals surface area contributed by atoms with Crippen LogP contribution in [0.2, 0.25) is 0 Å². The van der Waals surface area contributed by atoms with E-state index in [1.807, 2.05) is 0 Å². The van der Waals surface area contributed by atoms with Crippen LogP contribution in [0.25, 0.3) is 0 Å². The average molecular weight is 293 g/mol. The summed E-state index contributed by atoms with van der Waals surface area (Å²) in [5, 5.41) is 14.5. The van der Waals surface area contributed by atoms with Crippen molar-refractivity contribution in [2.24, 2.45) is 0 Å². The summed E-state index contributed by atoms with van der Waals surface area (Å²) >= 11 is 0. The molecular formula is C14H23N5O2. The van der Waals surface area contributed by atoms with Gasteiger partial charge in [0, 0.05) is 19.1 Å². The fourth-order valence-corrected chi connectivity index (χ4v) is 2.82. The standard InChI is InChI=1S/C14H23N5O2/c1-4-8-15-14-16-10(3)12(19(20)21)13(17-14)18-9-6-7-11(18)5-2/h11H,4-9H2,1-3H3,(H,15,16,17). The van der Waals surface area contributed by atoms with Crippen LogP contribution in [-0.2, 0) is 0 Å². The third-order valence-corrected chi connectivity index (χ3v) is 3.88. The van der Waals surface area contributed by atoms with Gasteiger partial charge in [0.05, 0.1) is 4.92 Å². The Labute approximate surface area is 124 Å². The summed E-state index contributed by atoms with van der Waals surface area (Å²) < 4.78 is 0. The number of nitrogens with zero attached hydrogens (tertiary/aromatic N) is 4. The molecule has 1 aromatic rings. The Morgan fingerprint density at radius 2 is 2.19 bits per heavy atom. The number of aryl methyl sites for hydroxylation is 1. The first kappa shape index (κ1) is 15.5. The number of nitrogens with one attached hydrogen (secondary N) is 1. The highest BCUT2D eigenvalue weighted by Crippen LogP contribution is 2.35. The Hall–Kier alpha value is -1.92. The fraction of sp³-hybridized carbons (Fsp3) is 0.714. The molecule has 116 valence electrons. The van der Waals surface area contributed by atoms with Crippen molar-refractivity contribution in [2.75, 3.05) is 23.3 Å². The Balaban J connectivity index is 2.44. The van der Waals surface area contributed by atoms with Gasteiger partial charge in [-0.05, 0) is 32.6 Å². The van der Waals surface area contributed by atoms with Crippen LogP contribution in [0.4, 0.5) is 17.5 Å². The first-order valence-electron chi connectivity index (χ1n) is 7.62. The molecule has 1 unspecified atom stereocenters. The molecule has 1 aliphatic rings. The van der Waals surface area contributed by atoms with Crippen molar-refractivity contribution >= 4 is 17.5 Å². The van der Waals surface area contributed by atoms with Crippen molar-refractivity contribution in [3.8, 4) is 0 Å². The molecule has 1 fully saturated rings. The second kappa shape index (κ2) is 6.69. The third-order valence-electron chi connectivity index (χ3n) is 3.88. The Bertz CT molecular complexity index is 520. The van der Waals surface area contributed by atoms with Crippen LogP contribution < -0.4 is 10.2 Å². The number of hydrogen-bond donors (Lipinski definition) is 1. The maximum Gasteiger partial charge on any atom is 0.332 e. The molecule has 21 heavy (non-hydrogen) atoms. The zero-order valence-electron chi connectivity index (χ0n) is 12.9. The SMILES string of the molecule is CCCNc1nc(C)c([N+](=O)[O-])c(N2CCCC2CC)n1. The van der Waals surface area contributed by atoms with Gasteiger partial charge < -0.3 is 10.2 Å². The normalized spacial score (nSPS) is 18.0. The summed E-state index contributed by atoms with van der Waals surface area (Å²) in [4.78, 5) is 21.8. The van der Waals surface area contributed by atoms with Crippen LogP contribution in [0.3, 0.4) is 0 Å². The molecule has 1 saturated heterocycles. The van der Waals surface area contributed by atoms with Gasteiger partial charge >= 0.3 is 5.69 Å². The van der Waals surface area contributed by atoms with Crippen LogP contribution in [-0.4, -0.2) is 34.0 Å². The quantitative estimate of drug-likeness (QED) is 0.641. The van der Waals surface area contributed by atoms with Crippen LogP contribution in [0, 0.1) is 17.0 Å². The summed E-state index contributed by atoms with van der Waals surface area (Å²) in [6.45, 7) is 7.42. The second-order valence-electron chi connectivity index (χ2n) is 5.39. The molecule has 2 heterocycles. The zero-order valence-corrected chi connectivity index (χ0v) is 12.9. The molecule has 0 spiro atoms. The predicted molar refractivity (Wildman–Crippen MR) is 82.9 cm³/mol. The van der Waals surface area contributed by atoms with Gasteiger partial charge in [0.25, 0.3) is 0 Å². The maximum atomic E-state index is 11.4. The lowest BCUT2D eigenvalue weighted by Crippen LogP contribution is -2.30. The van der Waals surface area contributed by atoms with Gasteiger partial charge in [-0.15, -0.1) is 0 Å². The molecule has 1 aliphatic heterocycles. The van der Waals surface area contributed by atoms with E-state index in [1.165, 1.54) is 0 Å². The molecule has 0 aliphatic carbocycles. The van der Waals surface area contributed by atoms with E-state index in [2.05, 4.69) is 34.0 Å². The highest BCUT2D eigenvalue weighted by molar-refractivity contribution is 5.63. The van der Waals surface area contributed by atoms with E-state index in [4.69, 9.17) is 0 Å². The van der Waals surface area contributed by atoms with Crippen molar-refractivity contribution < 1.29 is 4.92 Å². The summed E-state index contributed by atoms with van der Waals surface area (Å²) in [5.41, 5.74) is 0.461. The van der Waals surface area contributed by atoms with E-state index in [0.717, 1.165) is 38.8 Å². The number of rotatable bonds is 6. The monoisotopic (exact) mass is 293 g/mol. The molecule has 0 bridgehead atoms. The van der Waals surface area contributed by atoms with Crippen molar-refractivity contribution in [2.45, 2.75) is 52.5 Å². The smallest absolute Gasteiger partial charge is 0.332 e. The van der Waals surface area contributed by atoms with E-state index in [1.54, 1.807) is 6.92 Å². The van der Waals surface area contributed by atoms with Crippen LogP contribution in [0.15, 0.2) is 0 Å². The lowest BCUT2D eigenvalue weighted by molar-refractivity contribution is -0.385. The van der Waals surface area contributed by atoms with Gasteiger partial charge in [0.1, 0.15) is 5.69 Å². The first-order valence-corrected chi connectivity index (χ1v) is 7.62. The summed E-state index contributed by atoms with van der Waals surface area (Å²) in [5.74, 6) is 0.951. The largest absolute Gasteiger partial charge is 0.354 e. The number of aromatic nitrogens is 2. The summed E-state index contributed by atoms with van der Waals surface area (Å²) in [7, 11) is 0. The van der Waals surface area contributed by atoms with Crippen LogP contribution in [0.5, 0.6) is 0 Å². The number of anilines is 2. The van der Waals surface area contributed by atoms with Crippen LogP contribution in [0.1, 0.15) is 45.2 Å². The zero-order chi connectivity index (χ0) is 15.4. The topological polar surface area (TPSA) is 84.2 Å². The number of hydrogen-bond acceptors (Lipinski definition) is 6. The van der Waals surface area contributed by atoms with E-state index in [9.17, 15) is 10.1 Å². The molecule has 0 radical (unpaired) electrons. The van der Waals surface area contributed by atoms with Gasteiger partial charge in [-0.3, -0.25) is 10.1 Å². The van der Waals surface area contributed by atoms with Gasteiger partial charge in [-0.1, -0.05) is 13.8 Å². The molecule has 1 atom stereocenters. The molecule has 1 N–H and O–H groups in total. The molecule has 0 amide bonds. The van der Waals surface area contributed by atoms with Crippen LogP contribution >= 0.6 is 0 Å². The van der Waals surface area contributed by atoms with E-state index >= 15 is 0 Å². The predicted octanol–water partition coefficient (Wildman–Crippen LogP) is 2.89. The third kappa shape index (κ3) is 3.22. The maximum absolute atomic E-state index is 11.4. The van der Waals surface area contributed by atoms with Crippen molar-refractivity contribution in [3.05, 3.63) is 15.8 Å². The Kier molecular flexibility index (Phi) is 4.93. The fourth-order valence-electron chi connectivity index (χ4n) is 2.82. The lowest BCUT2D eigenvalue weighted by atomic mass is 10.1. The van der Waals surface area contributed by atoms with Gasteiger partial charge in [-0.25, -0.2) is 4.98 Å². The van der Waals surface area contributed by atoms with E-state index in [0.29, 0.717) is 23.5 Å². The molecule has 7 nitrogen and oxygen atoms in total. The minimum Gasteiger partial charge on any atom is -0.354 e. The van der Waals surface area contributed by atoms with Crippen molar-refractivity contribution in [3.63, 3.8) is 0 Å². The first-order chi connectivity index (χ1) is 10.1. The van der Waals surface area contributed by atoms with Gasteiger partial charge in [0.15, 0.2) is 0 Å². The van der Waals surface area contributed by atoms with E-state index in [-0.39, 0.29) is 10.6 Å². The Morgan fingerprint density at radius 1 is 1.43 bits per heavy atom. The molecule has 7 heteroatoms. The molecule has 1 aromatic heterocycles. The highest BCUT2D eigenvalue weighted by Gasteiger charge is 2.32. The number of nitro groups is 1. The second-order valence-corrected chi connectivity index (χ2v) is 5.39. The molecular weight excluding hydrogens is 270 g/mol. The minimum absolute atomic E-state index is 0.0393. The summed E-state index contributed by atoms with van der Waals surface area (Å²) in [6.07, 6.45) is 4.04. The molecule has 0 aromatic carbocycles. The van der Waals surface area contributed by atoms with E-state index < -0.39 is 0 Å². The summed E-state index contributed by atoms with van der Waals surface area (Å²) in [6, 6.07) is 0.331. The average Bonchev–Trinajstić information content (AvgIpc) is 2.92. The van der Waals surface area contributed by atoms with Crippen molar-refractivity contribution in [1.29, 1.82) is 0 Å².